The fraction of sp³-hybridized carbons (Fsp3) is 0.588. The second kappa shape index (κ2) is 9.32. The van der Waals surface area contributed by atoms with E-state index in [0.717, 1.165) is 42.6 Å². The zero-order valence-corrected chi connectivity index (χ0v) is 16.9. The summed E-state index contributed by atoms with van der Waals surface area (Å²) in [5.74, 6) is 0.875. The number of rotatable bonds is 7. The molecule has 5 nitrogen and oxygen atoms in total. The smallest absolute Gasteiger partial charge is 0.144 e. The Morgan fingerprint density at radius 1 is 1.38 bits per heavy atom. The molecule has 0 aliphatic rings. The van der Waals surface area contributed by atoms with Crippen molar-refractivity contribution < 1.29 is 4.79 Å². The lowest BCUT2D eigenvalue weighted by molar-refractivity contribution is -0.126. The van der Waals surface area contributed by atoms with Crippen LogP contribution in [0, 0.1) is 19.3 Å². The summed E-state index contributed by atoms with van der Waals surface area (Å²) in [7, 11) is 0. The number of hydrogen-bond donors (Lipinski definition) is 3. The number of anilines is 1. The van der Waals surface area contributed by atoms with Gasteiger partial charge in [0, 0.05) is 22.9 Å². The molecular weight excluding hydrogens is 340 g/mol. The lowest BCUT2D eigenvalue weighted by Gasteiger charge is -2.24. The summed E-state index contributed by atoms with van der Waals surface area (Å²) in [6, 6.07) is 1.89. The van der Waals surface area contributed by atoms with Crippen molar-refractivity contribution in [3.63, 3.8) is 0 Å². The van der Waals surface area contributed by atoms with E-state index in [4.69, 9.17) is 4.98 Å². The first kappa shape index (κ1) is 20.8. The molecule has 0 fully saturated rings. The molecule has 0 aliphatic heterocycles. The molecule has 0 aliphatic carbocycles. The maximum absolute atomic E-state index is 11.9. The van der Waals surface area contributed by atoms with Gasteiger partial charge in [-0.1, -0.05) is 39.5 Å². The minimum absolute atomic E-state index is 0.247. The molecule has 0 saturated carbocycles. The van der Waals surface area contributed by atoms with E-state index in [0.29, 0.717) is 5.82 Å². The predicted molar refractivity (Wildman–Crippen MR) is 106 cm³/mol. The average molecular weight is 369 g/mol. The Balaban J connectivity index is 3.09. The molecule has 0 bridgehead atoms. The summed E-state index contributed by atoms with van der Waals surface area (Å²) in [5.41, 5.74) is 2.56. The van der Waals surface area contributed by atoms with E-state index < -0.39 is 0 Å². The maximum atomic E-state index is 11.9. The van der Waals surface area contributed by atoms with Gasteiger partial charge in [0.25, 0.3) is 0 Å². The van der Waals surface area contributed by atoms with Gasteiger partial charge in [-0.3, -0.25) is 14.9 Å². The number of carbonyl (C=O) groups excluding carboxylic acids is 1. The van der Waals surface area contributed by atoms with Crippen molar-refractivity contribution in [3.05, 3.63) is 29.2 Å². The Labute approximate surface area is 156 Å². The van der Waals surface area contributed by atoms with Crippen molar-refractivity contribution in [2.75, 3.05) is 3.71 Å². The van der Waals surface area contributed by atoms with Crippen LogP contribution in [0.15, 0.2) is 12.3 Å². The number of nitrogens with one attached hydrogen (secondary N) is 1. The van der Waals surface area contributed by atoms with E-state index in [1.54, 1.807) is 13.1 Å². The van der Waals surface area contributed by atoms with Gasteiger partial charge in [-0.15, -0.1) is 0 Å². The fourth-order valence-electron chi connectivity index (χ4n) is 2.31. The Kier molecular flexibility index (Phi) is 8.09. The Morgan fingerprint density at radius 2 is 2.04 bits per heavy atom. The Bertz CT molecular complexity index is 629. The Morgan fingerprint density at radius 3 is 2.58 bits per heavy atom. The summed E-state index contributed by atoms with van der Waals surface area (Å²) >= 11 is 8.41. The molecule has 0 unspecified atom stereocenters. The third-order valence-corrected chi connectivity index (χ3v) is 5.06. The summed E-state index contributed by atoms with van der Waals surface area (Å²) in [6.07, 6.45) is 5.08. The first-order chi connectivity index (χ1) is 11.2. The molecule has 1 aromatic heterocycles. The SMILES string of the molecule is CC[C@](C)(CCCc1cc(N(S)S)[nH]ncc(C)c(C)n1)C(C)=O. The molecule has 1 N–H and O–H groups in total. The fourth-order valence-corrected chi connectivity index (χ4v) is 2.51. The molecule has 24 heavy (non-hydrogen) atoms. The van der Waals surface area contributed by atoms with Crippen LogP contribution in [0.4, 0.5) is 5.82 Å². The van der Waals surface area contributed by atoms with Gasteiger partial charge >= 0.3 is 0 Å². The summed E-state index contributed by atoms with van der Waals surface area (Å²) in [4.78, 5) is 16.6. The highest BCUT2D eigenvalue weighted by Crippen LogP contribution is 2.29. The van der Waals surface area contributed by atoms with Gasteiger partial charge in [0.1, 0.15) is 11.6 Å². The molecule has 0 spiro atoms. The van der Waals surface area contributed by atoms with Gasteiger partial charge in [0.2, 0.25) is 0 Å². The zero-order chi connectivity index (χ0) is 18.3. The molecule has 0 radical (unpaired) electrons. The monoisotopic (exact) mass is 368 g/mol. The van der Waals surface area contributed by atoms with E-state index in [1.807, 2.05) is 26.8 Å². The van der Waals surface area contributed by atoms with Gasteiger partial charge in [0.15, 0.2) is 0 Å². The first-order valence-corrected chi connectivity index (χ1v) is 8.94. The normalized spacial score (nSPS) is 13.1. The summed E-state index contributed by atoms with van der Waals surface area (Å²) in [5, 5.41) is 7.07. The van der Waals surface area contributed by atoms with Crippen molar-refractivity contribution in [1.29, 1.82) is 0 Å². The highest BCUT2D eigenvalue weighted by molar-refractivity contribution is 8.00. The number of ketones is 1. The minimum Gasteiger partial charge on any atom is -0.299 e. The second-order valence-electron chi connectivity index (χ2n) is 6.38. The van der Waals surface area contributed by atoms with Crippen molar-refractivity contribution in [3.8, 4) is 0 Å². The molecule has 0 aromatic carbocycles. The molecular formula is C17H28N4OS2. The van der Waals surface area contributed by atoms with Crippen LogP contribution in [-0.4, -0.2) is 21.0 Å². The van der Waals surface area contributed by atoms with Crippen molar-refractivity contribution in [2.24, 2.45) is 5.41 Å². The lowest BCUT2D eigenvalue weighted by Crippen LogP contribution is -2.24. The third-order valence-electron chi connectivity index (χ3n) is 4.63. The zero-order valence-electron chi connectivity index (χ0n) is 15.1. The number of H-pyrrole nitrogens is 1. The standard InChI is InChI=1S/C17H28N4OS2/c1-6-17(5,14(4)22)9-7-8-15-10-16(21(23)24)20-18-11-12(2)13(3)19-15/h10-11,20,23-24H,6-9H2,1-5H3/t17-/m1/s1. The van der Waals surface area contributed by atoms with Gasteiger partial charge in [-0.05, 0) is 52.0 Å². The van der Waals surface area contributed by atoms with E-state index >= 15 is 0 Å². The summed E-state index contributed by atoms with van der Waals surface area (Å²) < 4.78 is 1.37. The van der Waals surface area contributed by atoms with Crippen LogP contribution in [0.3, 0.4) is 0 Å². The van der Waals surface area contributed by atoms with Gasteiger partial charge in [0.05, 0.1) is 6.20 Å². The van der Waals surface area contributed by atoms with Crippen molar-refractivity contribution in [1.82, 2.24) is 15.2 Å². The maximum Gasteiger partial charge on any atom is 0.144 e. The molecule has 0 amide bonds. The lowest BCUT2D eigenvalue weighted by atomic mass is 9.79. The van der Waals surface area contributed by atoms with Crippen LogP contribution in [0.1, 0.15) is 57.0 Å². The topological polar surface area (TPSA) is 61.9 Å². The number of aryl methyl sites for hydroxylation is 3. The number of aromatic nitrogens is 3. The number of hydrogen-bond acceptors (Lipinski definition) is 6. The first-order valence-electron chi connectivity index (χ1n) is 8.14. The van der Waals surface area contributed by atoms with Crippen molar-refractivity contribution in [2.45, 2.75) is 60.3 Å². The molecule has 1 atom stereocenters. The quantitative estimate of drug-likeness (QED) is 0.626. The predicted octanol–water partition coefficient (Wildman–Crippen LogP) is 4.37. The van der Waals surface area contributed by atoms with E-state index in [9.17, 15) is 4.79 Å². The average Bonchev–Trinajstić information content (AvgIpc) is 2.58. The number of aromatic amines is 1. The summed E-state index contributed by atoms with van der Waals surface area (Å²) in [6.45, 7) is 9.71. The van der Waals surface area contributed by atoms with Crippen LogP contribution in [0.2, 0.25) is 0 Å². The highest BCUT2D eigenvalue weighted by atomic mass is 32.2. The van der Waals surface area contributed by atoms with Crippen LogP contribution in [0.25, 0.3) is 0 Å². The van der Waals surface area contributed by atoms with Crippen LogP contribution in [0.5, 0.6) is 0 Å². The number of thiol groups is 2. The van der Waals surface area contributed by atoms with Gasteiger partial charge in [-0.2, -0.15) is 5.10 Å². The second-order valence-corrected chi connectivity index (χ2v) is 7.50. The molecule has 1 aromatic rings. The minimum atomic E-state index is -0.257. The molecule has 1 heterocycles. The molecule has 1 rings (SSSR count). The molecule has 0 saturated heterocycles. The van der Waals surface area contributed by atoms with Crippen molar-refractivity contribution >= 4 is 37.2 Å². The van der Waals surface area contributed by atoms with Crippen LogP contribution in [-0.2, 0) is 11.2 Å². The number of Topliss-reactive ketones (excluding diaryl/α,β-unsaturated/α-hetero) is 1. The molecule has 134 valence electrons. The third kappa shape index (κ3) is 6.02. The van der Waals surface area contributed by atoms with Gasteiger partial charge < -0.3 is 0 Å². The van der Waals surface area contributed by atoms with E-state index in [1.165, 1.54) is 3.71 Å². The van der Waals surface area contributed by atoms with E-state index in [-0.39, 0.29) is 11.2 Å². The van der Waals surface area contributed by atoms with Crippen LogP contribution >= 0.6 is 25.6 Å². The van der Waals surface area contributed by atoms with E-state index in [2.05, 4.69) is 42.8 Å². The number of nitrogens with zero attached hydrogens (tertiary/aromatic N) is 3. The molecule has 7 heteroatoms. The number of carbonyl (C=O) groups is 1. The van der Waals surface area contributed by atoms with Crippen LogP contribution < -0.4 is 3.71 Å². The van der Waals surface area contributed by atoms with Gasteiger partial charge in [-0.25, -0.2) is 3.71 Å². The Hall–Kier alpha value is -1.21. The largest absolute Gasteiger partial charge is 0.299 e. The highest BCUT2D eigenvalue weighted by Gasteiger charge is 2.26.